The van der Waals surface area contributed by atoms with Crippen LogP contribution in [0.5, 0.6) is 0 Å². The van der Waals surface area contributed by atoms with Crippen LogP contribution in [-0.4, -0.2) is 22.3 Å². The summed E-state index contributed by atoms with van der Waals surface area (Å²) >= 11 is 0. The fourth-order valence-corrected chi connectivity index (χ4v) is 2.95. The summed E-state index contributed by atoms with van der Waals surface area (Å²) in [5.41, 5.74) is 8.73. The van der Waals surface area contributed by atoms with Crippen LogP contribution < -0.4 is 5.73 Å². The molecule has 0 aliphatic carbocycles. The molecular weight excluding hydrogens is 262 g/mol. The molecule has 2 N–H and O–H groups in total. The molecule has 4 heteroatoms. The predicted molar refractivity (Wildman–Crippen MR) is 82.9 cm³/mol. The summed E-state index contributed by atoms with van der Waals surface area (Å²) in [5, 5.41) is 0. The summed E-state index contributed by atoms with van der Waals surface area (Å²) in [5.74, 6) is 0. The number of rotatable bonds is 6. The monoisotopic (exact) mass is 285 g/mol. The molecule has 4 nitrogen and oxygen atoms in total. The third-order valence-corrected chi connectivity index (χ3v) is 4.14. The SMILES string of the molecule is N[C@H](Cc1ccccc1)c1cncn1CCC1CCCO1. The number of hydrogen-bond acceptors (Lipinski definition) is 3. The number of aryl methyl sites for hydroxylation is 1. The fraction of sp³-hybridized carbons (Fsp3) is 0.471. The van der Waals surface area contributed by atoms with Crippen LogP contribution in [0.25, 0.3) is 0 Å². The average molecular weight is 285 g/mol. The highest BCUT2D eigenvalue weighted by molar-refractivity contribution is 5.18. The van der Waals surface area contributed by atoms with Crippen molar-refractivity contribution in [3.63, 3.8) is 0 Å². The molecule has 1 aromatic carbocycles. The van der Waals surface area contributed by atoms with E-state index in [2.05, 4.69) is 33.8 Å². The fourth-order valence-electron chi connectivity index (χ4n) is 2.95. The van der Waals surface area contributed by atoms with Gasteiger partial charge in [0, 0.05) is 19.3 Å². The lowest BCUT2D eigenvalue weighted by Crippen LogP contribution is -2.19. The molecule has 1 unspecified atom stereocenters. The van der Waals surface area contributed by atoms with Crippen molar-refractivity contribution in [3.05, 3.63) is 54.1 Å². The van der Waals surface area contributed by atoms with E-state index in [1.54, 1.807) is 0 Å². The van der Waals surface area contributed by atoms with Crippen LogP contribution in [0.4, 0.5) is 0 Å². The molecule has 0 spiro atoms. The number of nitrogens with zero attached hydrogens (tertiary/aromatic N) is 2. The smallest absolute Gasteiger partial charge is 0.0948 e. The van der Waals surface area contributed by atoms with Gasteiger partial charge in [0.15, 0.2) is 0 Å². The van der Waals surface area contributed by atoms with E-state index < -0.39 is 0 Å². The Hall–Kier alpha value is -1.65. The Morgan fingerprint density at radius 3 is 2.95 bits per heavy atom. The van der Waals surface area contributed by atoms with E-state index >= 15 is 0 Å². The lowest BCUT2D eigenvalue weighted by atomic mass is 10.0. The third kappa shape index (κ3) is 3.71. The van der Waals surface area contributed by atoms with Crippen LogP contribution in [0.3, 0.4) is 0 Å². The molecule has 0 saturated carbocycles. The van der Waals surface area contributed by atoms with E-state index in [0.29, 0.717) is 6.10 Å². The highest BCUT2D eigenvalue weighted by Crippen LogP contribution is 2.19. The number of imidazole rings is 1. The van der Waals surface area contributed by atoms with Gasteiger partial charge in [0.25, 0.3) is 0 Å². The molecule has 0 amide bonds. The van der Waals surface area contributed by atoms with Gasteiger partial charge in [0.05, 0.1) is 24.2 Å². The van der Waals surface area contributed by atoms with Gasteiger partial charge >= 0.3 is 0 Å². The van der Waals surface area contributed by atoms with Gasteiger partial charge in [0.1, 0.15) is 0 Å². The van der Waals surface area contributed by atoms with E-state index in [1.165, 1.54) is 18.4 Å². The Kier molecular flexibility index (Phi) is 4.68. The minimum absolute atomic E-state index is 0.0144. The van der Waals surface area contributed by atoms with E-state index in [1.807, 2.05) is 18.6 Å². The Morgan fingerprint density at radius 2 is 2.19 bits per heavy atom. The predicted octanol–water partition coefficient (Wildman–Crippen LogP) is 2.69. The van der Waals surface area contributed by atoms with Crippen molar-refractivity contribution in [3.8, 4) is 0 Å². The second-order valence-corrected chi connectivity index (χ2v) is 5.73. The summed E-state index contributed by atoms with van der Waals surface area (Å²) in [7, 11) is 0. The molecule has 2 atom stereocenters. The number of hydrogen-bond donors (Lipinski definition) is 1. The molecule has 112 valence electrons. The second kappa shape index (κ2) is 6.87. The van der Waals surface area contributed by atoms with E-state index in [0.717, 1.165) is 31.7 Å². The zero-order chi connectivity index (χ0) is 14.5. The maximum atomic E-state index is 6.36. The lowest BCUT2D eigenvalue weighted by molar-refractivity contribution is 0.100. The molecule has 1 aliphatic heterocycles. The minimum Gasteiger partial charge on any atom is -0.378 e. The van der Waals surface area contributed by atoms with E-state index in [9.17, 15) is 0 Å². The van der Waals surface area contributed by atoms with Crippen molar-refractivity contribution in [1.82, 2.24) is 9.55 Å². The molecule has 0 radical (unpaired) electrons. The van der Waals surface area contributed by atoms with Crippen molar-refractivity contribution in [2.24, 2.45) is 5.73 Å². The highest BCUT2D eigenvalue weighted by Gasteiger charge is 2.17. The first-order valence-electron chi connectivity index (χ1n) is 7.74. The van der Waals surface area contributed by atoms with E-state index in [4.69, 9.17) is 10.5 Å². The Labute approximate surface area is 125 Å². The normalized spacial score (nSPS) is 19.8. The summed E-state index contributed by atoms with van der Waals surface area (Å²) in [6.07, 6.45) is 8.44. The quantitative estimate of drug-likeness (QED) is 0.888. The van der Waals surface area contributed by atoms with Gasteiger partial charge in [-0.3, -0.25) is 0 Å². The van der Waals surface area contributed by atoms with Crippen LogP contribution in [-0.2, 0) is 17.7 Å². The maximum Gasteiger partial charge on any atom is 0.0948 e. The minimum atomic E-state index is -0.0144. The molecule has 1 aliphatic rings. The van der Waals surface area contributed by atoms with Crippen LogP contribution in [0.15, 0.2) is 42.9 Å². The average Bonchev–Trinajstić information content (AvgIpc) is 3.17. The van der Waals surface area contributed by atoms with Gasteiger partial charge in [0.2, 0.25) is 0 Å². The molecule has 3 rings (SSSR count). The molecule has 2 heterocycles. The molecule has 2 aromatic rings. The summed E-state index contributed by atoms with van der Waals surface area (Å²) in [4.78, 5) is 4.27. The van der Waals surface area contributed by atoms with Gasteiger partial charge in [-0.15, -0.1) is 0 Å². The Morgan fingerprint density at radius 1 is 1.33 bits per heavy atom. The summed E-state index contributed by atoms with van der Waals surface area (Å²) in [6, 6.07) is 10.4. The molecule has 21 heavy (non-hydrogen) atoms. The molecular formula is C17H23N3O. The standard InChI is InChI=1S/C17H23N3O/c18-16(11-14-5-2-1-3-6-14)17-12-19-13-20(17)9-8-15-7-4-10-21-15/h1-3,5-6,12-13,15-16H,4,7-11,18H2/t15?,16-/m1/s1. The summed E-state index contributed by atoms with van der Waals surface area (Å²) in [6.45, 7) is 1.84. The first-order valence-corrected chi connectivity index (χ1v) is 7.74. The van der Waals surface area contributed by atoms with Crippen molar-refractivity contribution in [2.75, 3.05) is 6.61 Å². The van der Waals surface area contributed by atoms with Gasteiger partial charge < -0.3 is 15.0 Å². The topological polar surface area (TPSA) is 53.1 Å². The molecule has 1 saturated heterocycles. The zero-order valence-corrected chi connectivity index (χ0v) is 12.3. The van der Waals surface area contributed by atoms with Crippen LogP contribution in [0.2, 0.25) is 0 Å². The van der Waals surface area contributed by atoms with Crippen LogP contribution in [0, 0.1) is 0 Å². The first-order chi connectivity index (χ1) is 10.3. The highest BCUT2D eigenvalue weighted by atomic mass is 16.5. The number of nitrogens with two attached hydrogens (primary N) is 1. The maximum absolute atomic E-state index is 6.36. The second-order valence-electron chi connectivity index (χ2n) is 5.73. The van der Waals surface area contributed by atoms with Crippen molar-refractivity contribution < 1.29 is 4.74 Å². The van der Waals surface area contributed by atoms with Crippen LogP contribution >= 0.6 is 0 Å². The number of ether oxygens (including phenoxy) is 1. The van der Waals surface area contributed by atoms with Crippen molar-refractivity contribution >= 4 is 0 Å². The largest absolute Gasteiger partial charge is 0.378 e. The van der Waals surface area contributed by atoms with Crippen molar-refractivity contribution in [2.45, 2.75) is 44.4 Å². The Bertz CT molecular complexity index is 546. The molecule has 1 fully saturated rings. The number of aromatic nitrogens is 2. The van der Waals surface area contributed by atoms with Crippen LogP contribution in [0.1, 0.15) is 36.6 Å². The van der Waals surface area contributed by atoms with E-state index in [-0.39, 0.29) is 6.04 Å². The zero-order valence-electron chi connectivity index (χ0n) is 12.3. The third-order valence-electron chi connectivity index (χ3n) is 4.14. The lowest BCUT2D eigenvalue weighted by Gasteiger charge is -2.16. The summed E-state index contributed by atoms with van der Waals surface area (Å²) < 4.78 is 7.86. The number of benzene rings is 1. The van der Waals surface area contributed by atoms with Crippen molar-refractivity contribution in [1.29, 1.82) is 0 Å². The van der Waals surface area contributed by atoms with Gasteiger partial charge in [-0.05, 0) is 31.2 Å². The molecule has 0 bridgehead atoms. The van der Waals surface area contributed by atoms with Gasteiger partial charge in [-0.1, -0.05) is 30.3 Å². The Balaban J connectivity index is 1.61. The first kappa shape index (κ1) is 14.3. The van der Waals surface area contributed by atoms with Gasteiger partial charge in [-0.2, -0.15) is 0 Å². The van der Waals surface area contributed by atoms with Gasteiger partial charge in [-0.25, -0.2) is 4.98 Å². The molecule has 1 aromatic heterocycles.